The Morgan fingerprint density at radius 3 is 2.06 bits per heavy atom. The highest BCUT2D eigenvalue weighted by Crippen LogP contribution is 2.33. The first-order valence-electron chi connectivity index (χ1n) is 10.7. The molecule has 0 spiro atoms. The first-order valence-corrected chi connectivity index (χ1v) is 14.0. The molecule has 10 heteroatoms. The van der Waals surface area contributed by atoms with Crippen molar-refractivity contribution >= 4 is 31.3 Å². The van der Waals surface area contributed by atoms with Crippen molar-refractivity contribution < 1.29 is 25.8 Å². The number of carbonyl (C=O) groups is 1. The van der Waals surface area contributed by atoms with E-state index in [1.165, 1.54) is 42.2 Å². The van der Waals surface area contributed by atoms with Crippen LogP contribution < -0.4 is 4.18 Å². The Bertz CT molecular complexity index is 1560. The lowest BCUT2D eigenvalue weighted by Gasteiger charge is -2.17. The van der Waals surface area contributed by atoms with Gasteiger partial charge in [0.15, 0.2) is 15.6 Å². The quantitative estimate of drug-likeness (QED) is 0.341. The second-order valence-corrected chi connectivity index (χ2v) is 12.2. The van der Waals surface area contributed by atoms with Crippen LogP contribution in [0.5, 0.6) is 5.88 Å². The Hall–Kier alpha value is -3.24. The average molecular weight is 517 g/mol. The molecule has 186 valence electrons. The van der Waals surface area contributed by atoms with Gasteiger partial charge >= 0.3 is 10.1 Å². The number of hydrogen-bond acceptors (Lipinski definition) is 7. The number of aryl methyl sites for hydroxylation is 2. The second kappa shape index (κ2) is 9.43. The fourth-order valence-electron chi connectivity index (χ4n) is 3.64. The molecular formula is C25H28N2O6S2. The zero-order valence-electron chi connectivity index (χ0n) is 20.7. The fraction of sp³-hybridized carbons (Fsp3) is 0.280. The molecule has 0 atom stereocenters. The van der Waals surface area contributed by atoms with Gasteiger partial charge in [-0.15, -0.1) is 0 Å². The number of allylic oxidation sites excluding steroid dienone is 2. The number of sulfone groups is 1. The Balaban J connectivity index is 2.15. The van der Waals surface area contributed by atoms with Gasteiger partial charge in [0.25, 0.3) is 0 Å². The molecule has 0 aliphatic carbocycles. The molecule has 35 heavy (non-hydrogen) atoms. The molecule has 3 aromatic rings. The molecule has 0 amide bonds. The molecule has 0 saturated heterocycles. The van der Waals surface area contributed by atoms with Crippen LogP contribution >= 0.6 is 0 Å². The van der Waals surface area contributed by atoms with Crippen LogP contribution in [0.2, 0.25) is 0 Å². The third kappa shape index (κ3) is 5.23. The zero-order chi connectivity index (χ0) is 26.3. The van der Waals surface area contributed by atoms with Gasteiger partial charge in [0.2, 0.25) is 5.88 Å². The Morgan fingerprint density at radius 2 is 1.51 bits per heavy atom. The minimum absolute atomic E-state index is 0.0563. The van der Waals surface area contributed by atoms with E-state index in [4.69, 9.17) is 4.18 Å². The normalized spacial score (nSPS) is 11.9. The summed E-state index contributed by atoms with van der Waals surface area (Å²) < 4.78 is 57.1. The maximum absolute atomic E-state index is 13.6. The lowest BCUT2D eigenvalue weighted by Crippen LogP contribution is -2.15. The van der Waals surface area contributed by atoms with Gasteiger partial charge in [-0.25, -0.2) is 13.1 Å². The minimum atomic E-state index is -4.23. The van der Waals surface area contributed by atoms with E-state index in [2.05, 4.69) is 5.10 Å². The van der Waals surface area contributed by atoms with Gasteiger partial charge in [0.05, 0.1) is 11.1 Å². The van der Waals surface area contributed by atoms with Crippen LogP contribution in [0.25, 0.3) is 5.57 Å². The Morgan fingerprint density at radius 1 is 0.914 bits per heavy atom. The van der Waals surface area contributed by atoms with E-state index in [9.17, 15) is 21.6 Å². The van der Waals surface area contributed by atoms with E-state index in [-0.39, 0.29) is 26.8 Å². The monoisotopic (exact) mass is 516 g/mol. The molecule has 0 saturated carbocycles. The van der Waals surface area contributed by atoms with Crippen molar-refractivity contribution in [2.45, 2.75) is 44.4 Å². The molecule has 0 aliphatic rings. The third-order valence-electron chi connectivity index (χ3n) is 5.82. The van der Waals surface area contributed by atoms with Crippen LogP contribution in [0.4, 0.5) is 0 Å². The van der Waals surface area contributed by atoms with E-state index in [0.717, 1.165) is 23.0 Å². The molecule has 8 nitrogen and oxygen atoms in total. The molecule has 0 N–H and O–H groups in total. The summed E-state index contributed by atoms with van der Waals surface area (Å²) in [6.07, 6.45) is 2.35. The summed E-state index contributed by atoms with van der Waals surface area (Å²) in [5.74, 6) is -0.768. The molecule has 0 unspecified atom stereocenters. The zero-order valence-corrected chi connectivity index (χ0v) is 22.3. The summed E-state index contributed by atoms with van der Waals surface area (Å²) in [5.41, 5.74) is 3.61. The fourth-order valence-corrected chi connectivity index (χ4v) is 5.60. The van der Waals surface area contributed by atoms with E-state index in [0.29, 0.717) is 11.1 Å². The van der Waals surface area contributed by atoms with Crippen LogP contribution in [0.15, 0.2) is 58.0 Å². The molecule has 3 rings (SSSR count). The lowest BCUT2D eigenvalue weighted by molar-refractivity contribution is 0.103. The number of ketones is 1. The van der Waals surface area contributed by atoms with Gasteiger partial charge < -0.3 is 4.18 Å². The number of aromatic nitrogens is 2. The number of rotatable bonds is 7. The van der Waals surface area contributed by atoms with Crippen molar-refractivity contribution in [2.75, 3.05) is 6.26 Å². The molecule has 2 aromatic carbocycles. The van der Waals surface area contributed by atoms with Gasteiger partial charge in [0, 0.05) is 18.9 Å². The van der Waals surface area contributed by atoms with Gasteiger partial charge in [-0.2, -0.15) is 13.5 Å². The predicted octanol–water partition coefficient (Wildman–Crippen LogP) is 4.25. The van der Waals surface area contributed by atoms with Gasteiger partial charge in [-0.3, -0.25) is 4.79 Å². The highest BCUT2D eigenvalue weighted by molar-refractivity contribution is 7.90. The van der Waals surface area contributed by atoms with Crippen molar-refractivity contribution in [3.63, 3.8) is 0 Å². The molecular weight excluding hydrogens is 488 g/mol. The summed E-state index contributed by atoms with van der Waals surface area (Å²) in [5, 5.41) is 4.03. The maximum Gasteiger partial charge on any atom is 0.340 e. The smallest absolute Gasteiger partial charge is 0.340 e. The van der Waals surface area contributed by atoms with Gasteiger partial charge in [-0.1, -0.05) is 23.3 Å². The van der Waals surface area contributed by atoms with Crippen molar-refractivity contribution in [3.05, 3.63) is 76.0 Å². The summed E-state index contributed by atoms with van der Waals surface area (Å²) in [4.78, 5) is 13.6. The largest absolute Gasteiger partial charge is 0.358 e. The van der Waals surface area contributed by atoms with Crippen molar-refractivity contribution in [2.24, 2.45) is 7.05 Å². The number of hydrogen-bond donors (Lipinski definition) is 0. The van der Waals surface area contributed by atoms with Crippen molar-refractivity contribution in [1.29, 1.82) is 0 Å². The SMILES string of the molecule is CC(C)=C(C)c1c(S(C)(=O)=O)ccc(C(=O)c2cnn(C)c2OS(=O)(=O)c2ccc(C)cc2)c1C. The highest BCUT2D eigenvalue weighted by Gasteiger charge is 2.28. The lowest BCUT2D eigenvalue weighted by atomic mass is 9.91. The topological polar surface area (TPSA) is 112 Å². The minimum Gasteiger partial charge on any atom is -0.358 e. The molecule has 1 heterocycles. The molecule has 0 bridgehead atoms. The van der Waals surface area contributed by atoms with Crippen LogP contribution in [0, 0.1) is 13.8 Å². The van der Waals surface area contributed by atoms with Crippen molar-refractivity contribution in [3.8, 4) is 5.88 Å². The van der Waals surface area contributed by atoms with Crippen LogP contribution in [-0.2, 0) is 27.0 Å². The van der Waals surface area contributed by atoms with Crippen LogP contribution in [0.3, 0.4) is 0 Å². The number of nitrogens with zero attached hydrogens (tertiary/aromatic N) is 2. The van der Waals surface area contributed by atoms with E-state index in [1.807, 2.05) is 20.8 Å². The Labute approximate surface area is 206 Å². The highest BCUT2D eigenvalue weighted by atomic mass is 32.2. The summed E-state index contributed by atoms with van der Waals surface area (Å²) >= 11 is 0. The van der Waals surface area contributed by atoms with E-state index < -0.39 is 25.7 Å². The second-order valence-electron chi connectivity index (χ2n) is 8.68. The molecule has 0 aliphatic heterocycles. The third-order valence-corrected chi connectivity index (χ3v) is 8.19. The van der Waals surface area contributed by atoms with Crippen LogP contribution in [-0.4, -0.2) is 38.7 Å². The predicted molar refractivity (Wildman–Crippen MR) is 134 cm³/mol. The number of benzene rings is 2. The van der Waals surface area contributed by atoms with Crippen molar-refractivity contribution in [1.82, 2.24) is 9.78 Å². The average Bonchev–Trinajstić information content (AvgIpc) is 3.11. The first kappa shape index (κ1) is 26.4. The summed E-state index contributed by atoms with van der Waals surface area (Å²) in [6.45, 7) is 9.02. The van der Waals surface area contributed by atoms with Crippen LogP contribution in [0.1, 0.15) is 53.4 Å². The maximum atomic E-state index is 13.6. The summed E-state index contributed by atoms with van der Waals surface area (Å²) in [6, 6.07) is 8.96. The van der Waals surface area contributed by atoms with E-state index in [1.54, 1.807) is 26.0 Å². The number of carbonyl (C=O) groups excluding carboxylic acids is 1. The first-order chi connectivity index (χ1) is 16.1. The molecule has 1 aromatic heterocycles. The van der Waals surface area contributed by atoms with Gasteiger partial charge in [-0.05, 0) is 75.6 Å². The standard InChI is InChI=1S/C25H28N2O6S2/c1-15(2)17(4)23-18(5)20(12-13-22(23)34(7,29)30)24(28)21-14-26-27(6)25(21)33-35(31,32)19-10-8-16(3)9-11-19/h8-14H,1-7H3. The summed E-state index contributed by atoms with van der Waals surface area (Å²) in [7, 11) is -6.33. The Kier molecular flexibility index (Phi) is 7.10. The van der Waals surface area contributed by atoms with E-state index >= 15 is 0 Å². The van der Waals surface area contributed by atoms with Gasteiger partial charge in [0.1, 0.15) is 10.5 Å². The molecule has 0 fully saturated rings. The molecule has 0 radical (unpaired) electrons.